The summed E-state index contributed by atoms with van der Waals surface area (Å²) in [4.78, 5) is 11.7. The maximum absolute atomic E-state index is 9.84. The van der Waals surface area contributed by atoms with Gasteiger partial charge in [0, 0.05) is 9.81 Å². The van der Waals surface area contributed by atoms with E-state index in [1.807, 2.05) is 12.2 Å². The highest BCUT2D eigenvalue weighted by molar-refractivity contribution is 8.79. The highest BCUT2D eigenvalue weighted by atomic mass is 33.1. The Morgan fingerprint density at radius 1 is 1.36 bits per heavy atom. The SMILES string of the molecule is O=NCC1=CC=C(CO)SS1. The molecule has 1 rings (SSSR count). The zero-order chi connectivity index (χ0) is 8.10. The summed E-state index contributed by atoms with van der Waals surface area (Å²) in [5.74, 6) is 0. The van der Waals surface area contributed by atoms with E-state index < -0.39 is 0 Å². The molecular weight excluding hydrogens is 182 g/mol. The van der Waals surface area contributed by atoms with Crippen LogP contribution in [0.5, 0.6) is 0 Å². The molecular formula is C6H7NO2S2. The summed E-state index contributed by atoms with van der Waals surface area (Å²) in [5, 5.41) is 11.5. The smallest absolute Gasteiger partial charge is 0.113 e. The minimum Gasteiger partial charge on any atom is -0.391 e. The molecule has 0 bridgehead atoms. The van der Waals surface area contributed by atoms with E-state index in [1.54, 1.807) is 0 Å². The van der Waals surface area contributed by atoms with Crippen LogP contribution in [0.25, 0.3) is 0 Å². The van der Waals surface area contributed by atoms with Crippen LogP contribution in [0.4, 0.5) is 0 Å². The molecule has 60 valence electrons. The summed E-state index contributed by atoms with van der Waals surface area (Å²) in [6.07, 6.45) is 3.62. The summed E-state index contributed by atoms with van der Waals surface area (Å²) >= 11 is 0. The first-order valence-corrected chi connectivity index (χ1v) is 5.16. The van der Waals surface area contributed by atoms with Gasteiger partial charge in [-0.1, -0.05) is 26.8 Å². The number of rotatable bonds is 3. The predicted molar refractivity (Wildman–Crippen MR) is 49.1 cm³/mol. The van der Waals surface area contributed by atoms with E-state index >= 15 is 0 Å². The zero-order valence-electron chi connectivity index (χ0n) is 5.69. The standard InChI is InChI=1S/C6H7NO2S2/c8-4-6-2-1-5(3-7-9)10-11-6/h1-2,8H,3-4H2. The summed E-state index contributed by atoms with van der Waals surface area (Å²) in [6, 6.07) is 0. The maximum Gasteiger partial charge on any atom is 0.113 e. The Balaban J connectivity index is 2.53. The molecule has 3 nitrogen and oxygen atoms in total. The lowest BCUT2D eigenvalue weighted by molar-refractivity contribution is 0.339. The topological polar surface area (TPSA) is 49.7 Å². The number of nitroso groups, excluding NO2 is 1. The van der Waals surface area contributed by atoms with Gasteiger partial charge in [0.25, 0.3) is 0 Å². The first-order chi connectivity index (χ1) is 5.36. The van der Waals surface area contributed by atoms with Crippen molar-refractivity contribution >= 4 is 21.6 Å². The average molecular weight is 189 g/mol. The monoisotopic (exact) mass is 189 g/mol. The molecule has 0 aromatic rings. The molecule has 0 aromatic heterocycles. The van der Waals surface area contributed by atoms with E-state index in [2.05, 4.69) is 5.18 Å². The van der Waals surface area contributed by atoms with E-state index in [0.717, 1.165) is 9.81 Å². The largest absolute Gasteiger partial charge is 0.391 e. The Bertz CT molecular complexity index is 213. The van der Waals surface area contributed by atoms with Gasteiger partial charge in [-0.15, -0.1) is 0 Å². The second kappa shape index (κ2) is 4.58. The number of hydrogen-bond acceptors (Lipinski definition) is 5. The van der Waals surface area contributed by atoms with E-state index in [4.69, 9.17) is 5.11 Å². The van der Waals surface area contributed by atoms with Gasteiger partial charge in [0.15, 0.2) is 0 Å². The third-order valence-corrected chi connectivity index (χ3v) is 3.66. The fourth-order valence-electron chi connectivity index (χ4n) is 0.570. The van der Waals surface area contributed by atoms with Crippen molar-refractivity contribution in [3.63, 3.8) is 0 Å². The highest BCUT2D eigenvalue weighted by Crippen LogP contribution is 2.39. The van der Waals surface area contributed by atoms with Crippen molar-refractivity contribution in [2.45, 2.75) is 0 Å². The Hall–Kier alpha value is -0.260. The van der Waals surface area contributed by atoms with Crippen LogP contribution in [-0.2, 0) is 0 Å². The van der Waals surface area contributed by atoms with Crippen molar-refractivity contribution in [2.24, 2.45) is 5.18 Å². The maximum atomic E-state index is 9.84. The van der Waals surface area contributed by atoms with Crippen molar-refractivity contribution in [3.05, 3.63) is 26.9 Å². The van der Waals surface area contributed by atoms with Gasteiger partial charge < -0.3 is 5.11 Å². The number of nitrogens with zero attached hydrogens (tertiary/aromatic N) is 1. The second-order valence-electron chi connectivity index (χ2n) is 1.88. The van der Waals surface area contributed by atoms with Crippen molar-refractivity contribution in [2.75, 3.05) is 13.2 Å². The molecule has 1 heterocycles. The summed E-state index contributed by atoms with van der Waals surface area (Å²) < 4.78 is 0. The van der Waals surface area contributed by atoms with Crippen molar-refractivity contribution in [1.82, 2.24) is 0 Å². The van der Waals surface area contributed by atoms with Crippen molar-refractivity contribution in [1.29, 1.82) is 0 Å². The van der Waals surface area contributed by atoms with Gasteiger partial charge in [-0.05, 0) is 12.2 Å². The number of hydrogen-bond donors (Lipinski definition) is 1. The van der Waals surface area contributed by atoms with Gasteiger partial charge >= 0.3 is 0 Å². The summed E-state index contributed by atoms with van der Waals surface area (Å²) in [6.45, 7) is 0.294. The molecule has 0 saturated carbocycles. The normalized spacial score (nSPS) is 17.2. The Kier molecular flexibility index (Phi) is 3.68. The third kappa shape index (κ3) is 2.69. The lowest BCUT2D eigenvalue weighted by Crippen LogP contribution is -1.89. The zero-order valence-corrected chi connectivity index (χ0v) is 7.32. The molecule has 1 aliphatic heterocycles. The van der Waals surface area contributed by atoms with Crippen LogP contribution in [0.2, 0.25) is 0 Å². The molecule has 0 saturated heterocycles. The van der Waals surface area contributed by atoms with E-state index in [-0.39, 0.29) is 13.2 Å². The molecule has 1 N–H and O–H groups in total. The van der Waals surface area contributed by atoms with Crippen LogP contribution < -0.4 is 0 Å². The van der Waals surface area contributed by atoms with Crippen LogP contribution in [-0.4, -0.2) is 18.3 Å². The van der Waals surface area contributed by atoms with Crippen molar-refractivity contribution < 1.29 is 5.11 Å². The highest BCUT2D eigenvalue weighted by Gasteiger charge is 2.06. The van der Waals surface area contributed by atoms with Gasteiger partial charge in [-0.2, -0.15) is 4.91 Å². The van der Waals surface area contributed by atoms with Gasteiger partial charge in [0.1, 0.15) is 6.54 Å². The van der Waals surface area contributed by atoms with E-state index in [1.165, 1.54) is 21.6 Å². The number of allylic oxidation sites excluding steroid dienone is 2. The van der Waals surface area contributed by atoms with Crippen LogP contribution in [0.1, 0.15) is 0 Å². The average Bonchev–Trinajstić information content (AvgIpc) is 2.07. The van der Waals surface area contributed by atoms with Gasteiger partial charge in [-0.25, -0.2) is 0 Å². The molecule has 0 aliphatic carbocycles. The van der Waals surface area contributed by atoms with Crippen LogP contribution >= 0.6 is 21.6 Å². The molecule has 0 radical (unpaired) electrons. The molecule has 0 atom stereocenters. The third-order valence-electron chi connectivity index (χ3n) is 1.09. The summed E-state index contributed by atoms with van der Waals surface area (Å²) in [5.41, 5.74) is 0. The molecule has 0 aromatic carbocycles. The fraction of sp³-hybridized carbons (Fsp3) is 0.333. The lowest BCUT2D eigenvalue weighted by atomic mass is 10.4. The molecule has 1 aliphatic rings. The minimum absolute atomic E-state index is 0.0654. The summed E-state index contributed by atoms with van der Waals surface area (Å²) in [7, 11) is 2.95. The lowest BCUT2D eigenvalue weighted by Gasteiger charge is -2.07. The van der Waals surface area contributed by atoms with Gasteiger partial charge in [-0.3, -0.25) is 0 Å². The fourth-order valence-corrected chi connectivity index (χ4v) is 2.48. The van der Waals surface area contributed by atoms with E-state index in [0.29, 0.717) is 0 Å². The molecule has 0 unspecified atom stereocenters. The molecule has 5 heteroatoms. The van der Waals surface area contributed by atoms with Crippen molar-refractivity contribution in [3.8, 4) is 0 Å². The Morgan fingerprint density at radius 2 is 2.00 bits per heavy atom. The predicted octanol–water partition coefficient (Wildman–Crippen LogP) is 1.91. The molecule has 0 spiro atoms. The van der Waals surface area contributed by atoms with Crippen LogP contribution in [0.15, 0.2) is 27.1 Å². The van der Waals surface area contributed by atoms with Crippen LogP contribution in [0.3, 0.4) is 0 Å². The van der Waals surface area contributed by atoms with Gasteiger partial charge in [0.05, 0.1) is 6.61 Å². The number of aliphatic hydroxyl groups excluding tert-OH is 1. The quantitative estimate of drug-likeness (QED) is 0.544. The molecule has 11 heavy (non-hydrogen) atoms. The van der Waals surface area contributed by atoms with Gasteiger partial charge in [0.2, 0.25) is 0 Å². The first kappa shape index (κ1) is 8.83. The second-order valence-corrected chi connectivity index (χ2v) is 4.26. The molecule has 0 amide bonds. The van der Waals surface area contributed by atoms with E-state index in [9.17, 15) is 4.91 Å². The Morgan fingerprint density at radius 3 is 2.45 bits per heavy atom. The number of aliphatic hydroxyl groups is 1. The molecule has 0 fully saturated rings. The first-order valence-electron chi connectivity index (χ1n) is 3.01. The Labute approximate surface area is 72.3 Å². The van der Waals surface area contributed by atoms with Crippen LogP contribution in [0, 0.1) is 4.91 Å². The minimum atomic E-state index is 0.0654.